The fourth-order valence-corrected chi connectivity index (χ4v) is 7.75. The Labute approximate surface area is 353 Å². The molecule has 0 atom stereocenters. The highest BCUT2D eigenvalue weighted by Gasteiger charge is 2.19. The summed E-state index contributed by atoms with van der Waals surface area (Å²) in [7, 11) is 0. The highest BCUT2D eigenvalue weighted by Crippen LogP contribution is 2.34. The van der Waals surface area contributed by atoms with Gasteiger partial charge in [0.1, 0.15) is 0 Å². The molecule has 0 bridgehead atoms. The van der Waals surface area contributed by atoms with E-state index in [9.17, 15) is 0 Å². The van der Waals surface area contributed by atoms with Gasteiger partial charge in [-0.25, -0.2) is 0 Å². The predicted molar refractivity (Wildman–Crippen MR) is 241 cm³/mol. The number of benzene rings is 2. The summed E-state index contributed by atoms with van der Waals surface area (Å²) in [4.78, 5) is 14.6. The molecule has 13 heteroatoms. The Bertz CT molecular complexity index is 1480. The van der Waals surface area contributed by atoms with Crippen molar-refractivity contribution in [3.63, 3.8) is 0 Å². The average molecular weight is 856 g/mol. The number of anilines is 2. The fourth-order valence-electron chi connectivity index (χ4n) is 7.28. The molecule has 2 aromatic carbocycles. The van der Waals surface area contributed by atoms with Gasteiger partial charge in [0.2, 0.25) is 0 Å². The SMILES string of the molecule is CCN(CCCl)CCCNc1c2c(nc3ccccc13)CCCC2.CCN(CCCl)CCCNc1c2c(nc3ccccc13)CCCC2.Cl.Cl.Cl.Cl.O. The lowest BCUT2D eigenvalue weighted by Gasteiger charge is -2.23. The van der Waals surface area contributed by atoms with Gasteiger partial charge in [0.15, 0.2) is 0 Å². The second kappa shape index (κ2) is 28.0. The zero-order valence-corrected chi connectivity index (χ0v) is 36.2. The van der Waals surface area contributed by atoms with Crippen molar-refractivity contribution < 1.29 is 5.48 Å². The molecule has 4 N–H and O–H groups in total. The molecular formula is C40H62Cl6N6O. The van der Waals surface area contributed by atoms with E-state index in [1.54, 1.807) is 0 Å². The Hall–Kier alpha value is -1.52. The number of nitrogens with one attached hydrogen (secondary N) is 2. The van der Waals surface area contributed by atoms with E-state index < -0.39 is 0 Å². The van der Waals surface area contributed by atoms with Crippen LogP contribution in [0.2, 0.25) is 0 Å². The number of para-hydroxylation sites is 2. The van der Waals surface area contributed by atoms with Gasteiger partial charge in [0, 0.05) is 71.5 Å². The first-order valence-electron chi connectivity index (χ1n) is 18.5. The molecule has 0 saturated heterocycles. The Morgan fingerprint density at radius 3 is 1.32 bits per heavy atom. The summed E-state index contributed by atoms with van der Waals surface area (Å²) in [5, 5.41) is 10.0. The molecule has 7 nitrogen and oxygen atoms in total. The average Bonchev–Trinajstić information content (AvgIpc) is 3.13. The van der Waals surface area contributed by atoms with Gasteiger partial charge in [-0.1, -0.05) is 50.2 Å². The molecule has 2 heterocycles. The van der Waals surface area contributed by atoms with Crippen molar-refractivity contribution in [2.45, 2.75) is 78.1 Å². The van der Waals surface area contributed by atoms with E-state index in [2.05, 4.69) is 82.8 Å². The molecule has 300 valence electrons. The number of alkyl halides is 2. The van der Waals surface area contributed by atoms with Gasteiger partial charge in [-0.3, -0.25) is 9.97 Å². The van der Waals surface area contributed by atoms with E-state index in [1.807, 2.05) is 0 Å². The van der Waals surface area contributed by atoms with Crippen molar-refractivity contribution in [3.05, 3.63) is 71.0 Å². The Kier molecular flexibility index (Phi) is 27.2. The minimum atomic E-state index is 0. The van der Waals surface area contributed by atoms with Crippen LogP contribution < -0.4 is 10.6 Å². The Morgan fingerprint density at radius 1 is 0.566 bits per heavy atom. The van der Waals surface area contributed by atoms with Gasteiger partial charge in [-0.15, -0.1) is 72.8 Å². The number of pyridine rings is 2. The zero-order chi connectivity index (χ0) is 33.6. The van der Waals surface area contributed by atoms with Crippen molar-refractivity contribution >= 4 is 106 Å². The van der Waals surface area contributed by atoms with Crippen molar-refractivity contribution in [3.8, 4) is 0 Å². The Balaban J connectivity index is 0.000000932. The van der Waals surface area contributed by atoms with E-state index in [1.165, 1.54) is 70.3 Å². The van der Waals surface area contributed by atoms with Gasteiger partial charge in [-0.05, 0) is 114 Å². The number of hydrogen-bond donors (Lipinski definition) is 2. The summed E-state index contributed by atoms with van der Waals surface area (Å²) in [6, 6.07) is 17.1. The van der Waals surface area contributed by atoms with E-state index in [-0.39, 0.29) is 55.1 Å². The predicted octanol–water partition coefficient (Wildman–Crippen LogP) is 9.82. The standard InChI is InChI=1S/2C20H28ClN3.4ClH.H2O/c2*1-2-24(15-12-21)14-7-13-22-20-16-8-3-5-10-18(16)23-19-11-6-4-9-17(19)20;;;;;/h2*3,5,8,10H,2,4,6-7,9,11-15H2,1H3,(H,22,23);4*1H;1H2. The maximum Gasteiger partial charge on any atom is 0.0726 e. The second-order valence-electron chi connectivity index (χ2n) is 13.1. The minimum Gasteiger partial charge on any atom is -0.412 e. The van der Waals surface area contributed by atoms with Crippen LogP contribution in [0.5, 0.6) is 0 Å². The van der Waals surface area contributed by atoms with Crippen LogP contribution in [0.4, 0.5) is 11.4 Å². The van der Waals surface area contributed by atoms with Gasteiger partial charge in [0.05, 0.1) is 11.0 Å². The van der Waals surface area contributed by atoms with Crippen LogP contribution >= 0.6 is 72.8 Å². The topological polar surface area (TPSA) is 87.8 Å². The number of aryl methyl sites for hydroxylation is 2. The third kappa shape index (κ3) is 14.5. The number of nitrogens with zero attached hydrogens (tertiary/aromatic N) is 4. The summed E-state index contributed by atoms with van der Waals surface area (Å²) in [6.45, 7) is 12.7. The van der Waals surface area contributed by atoms with Crippen LogP contribution in [-0.4, -0.2) is 89.4 Å². The molecule has 0 amide bonds. The number of rotatable bonds is 16. The molecule has 0 radical (unpaired) electrons. The van der Waals surface area contributed by atoms with Crippen LogP contribution in [0.3, 0.4) is 0 Å². The van der Waals surface area contributed by atoms with Gasteiger partial charge in [0.25, 0.3) is 0 Å². The van der Waals surface area contributed by atoms with E-state index >= 15 is 0 Å². The minimum absolute atomic E-state index is 0. The molecule has 2 aliphatic carbocycles. The first kappa shape index (κ1) is 51.5. The molecule has 53 heavy (non-hydrogen) atoms. The maximum atomic E-state index is 5.86. The van der Waals surface area contributed by atoms with Crippen LogP contribution in [0.15, 0.2) is 48.5 Å². The monoisotopic (exact) mass is 852 g/mol. The smallest absolute Gasteiger partial charge is 0.0726 e. The van der Waals surface area contributed by atoms with Gasteiger partial charge < -0.3 is 25.9 Å². The van der Waals surface area contributed by atoms with E-state index in [0.29, 0.717) is 11.8 Å². The first-order valence-corrected chi connectivity index (χ1v) is 19.6. The molecule has 0 spiro atoms. The fraction of sp³-hybridized carbons (Fsp3) is 0.550. The molecule has 0 fully saturated rings. The summed E-state index contributed by atoms with van der Waals surface area (Å²) in [5.74, 6) is 1.42. The molecule has 2 aromatic heterocycles. The third-order valence-electron chi connectivity index (χ3n) is 9.94. The summed E-state index contributed by atoms with van der Waals surface area (Å²) in [6.07, 6.45) is 11.9. The summed E-state index contributed by atoms with van der Waals surface area (Å²) >= 11 is 11.7. The molecule has 6 rings (SSSR count). The quantitative estimate of drug-likeness (QED) is 0.0863. The highest BCUT2D eigenvalue weighted by molar-refractivity contribution is 6.18. The van der Waals surface area contributed by atoms with Gasteiger partial charge in [-0.2, -0.15) is 0 Å². The molecular weight excluding hydrogens is 793 g/mol. The maximum absolute atomic E-state index is 5.86. The summed E-state index contributed by atoms with van der Waals surface area (Å²) < 4.78 is 0. The number of hydrogen-bond acceptors (Lipinski definition) is 6. The van der Waals surface area contributed by atoms with Crippen molar-refractivity contribution in [2.24, 2.45) is 0 Å². The van der Waals surface area contributed by atoms with Crippen molar-refractivity contribution in [2.75, 3.05) is 74.8 Å². The van der Waals surface area contributed by atoms with Crippen LogP contribution in [0, 0.1) is 0 Å². The largest absolute Gasteiger partial charge is 0.412 e. The number of fused-ring (bicyclic) bond motifs is 4. The van der Waals surface area contributed by atoms with Crippen molar-refractivity contribution in [1.82, 2.24) is 19.8 Å². The molecule has 4 aromatic rings. The van der Waals surface area contributed by atoms with Crippen LogP contribution in [-0.2, 0) is 25.7 Å². The third-order valence-corrected chi connectivity index (χ3v) is 10.3. The lowest BCUT2D eigenvalue weighted by Crippen LogP contribution is -2.28. The first-order chi connectivity index (χ1) is 23.7. The highest BCUT2D eigenvalue weighted by atomic mass is 35.5. The molecule has 0 aliphatic heterocycles. The summed E-state index contributed by atoms with van der Waals surface area (Å²) in [5.41, 5.74) is 10.4. The Morgan fingerprint density at radius 2 is 0.943 bits per heavy atom. The van der Waals surface area contributed by atoms with Gasteiger partial charge >= 0.3 is 0 Å². The van der Waals surface area contributed by atoms with E-state index in [4.69, 9.17) is 33.2 Å². The lowest BCUT2D eigenvalue weighted by molar-refractivity contribution is 0.304. The normalized spacial score (nSPS) is 12.8. The molecule has 0 unspecified atom stereocenters. The number of aromatic nitrogens is 2. The molecule has 2 aliphatic rings. The van der Waals surface area contributed by atoms with E-state index in [0.717, 1.165) is 102 Å². The second-order valence-corrected chi connectivity index (χ2v) is 13.8. The van der Waals surface area contributed by atoms with Crippen LogP contribution in [0.1, 0.15) is 74.9 Å². The van der Waals surface area contributed by atoms with Crippen molar-refractivity contribution in [1.29, 1.82) is 0 Å². The zero-order valence-electron chi connectivity index (χ0n) is 31.4. The lowest BCUT2D eigenvalue weighted by atomic mass is 9.92. The van der Waals surface area contributed by atoms with Crippen LogP contribution in [0.25, 0.3) is 21.8 Å². The number of halogens is 6. The molecule has 0 saturated carbocycles.